The molecule has 1 unspecified atom stereocenters. The van der Waals surface area contributed by atoms with Crippen molar-refractivity contribution in [2.45, 2.75) is 78.6 Å². The Morgan fingerprint density at radius 1 is 1.05 bits per heavy atom. The van der Waals surface area contributed by atoms with Gasteiger partial charge in [-0.2, -0.15) is 0 Å². The number of hydrogen-bond acceptors (Lipinski definition) is 2. The van der Waals surface area contributed by atoms with E-state index in [0.717, 1.165) is 12.3 Å². The van der Waals surface area contributed by atoms with Crippen LogP contribution in [0.15, 0.2) is 11.6 Å². The zero-order valence-corrected chi connectivity index (χ0v) is 15.0. The fourth-order valence-corrected chi connectivity index (χ4v) is 6.87. The molecule has 2 nitrogen and oxygen atoms in total. The average Bonchev–Trinajstić information content (AvgIpc) is 2.27. The van der Waals surface area contributed by atoms with Gasteiger partial charge in [-0.15, -0.1) is 0 Å². The van der Waals surface area contributed by atoms with E-state index in [0.29, 0.717) is 11.1 Å². The summed E-state index contributed by atoms with van der Waals surface area (Å²) in [5.41, 5.74) is 2.34. The van der Waals surface area contributed by atoms with E-state index in [9.17, 15) is 4.79 Å². The van der Waals surface area contributed by atoms with E-state index in [1.807, 2.05) is 0 Å². The second kappa shape index (κ2) is 8.00. The normalized spacial score (nSPS) is 14.1. The Morgan fingerprint density at radius 2 is 1.53 bits per heavy atom. The van der Waals surface area contributed by atoms with Crippen molar-refractivity contribution in [1.29, 1.82) is 0 Å². The number of rotatable bonds is 8. The Labute approximate surface area is 120 Å². The molecule has 0 saturated carbocycles. The largest absolute Gasteiger partial charge is 0.406 e. The SMILES string of the molecule is CC(C)=CC[Si](OC(C=O)C(C)C)(C(C)C)C(C)C. The van der Waals surface area contributed by atoms with E-state index in [2.05, 4.69) is 61.5 Å². The van der Waals surface area contributed by atoms with Gasteiger partial charge in [-0.3, -0.25) is 0 Å². The molecule has 0 aliphatic rings. The number of aldehydes is 1. The van der Waals surface area contributed by atoms with Crippen molar-refractivity contribution >= 4 is 14.6 Å². The third-order valence-corrected chi connectivity index (χ3v) is 9.39. The van der Waals surface area contributed by atoms with E-state index in [-0.39, 0.29) is 12.0 Å². The maximum absolute atomic E-state index is 11.3. The first kappa shape index (κ1) is 18.6. The van der Waals surface area contributed by atoms with Gasteiger partial charge in [0.05, 0.1) is 0 Å². The highest BCUT2D eigenvalue weighted by Crippen LogP contribution is 2.39. The Morgan fingerprint density at radius 3 is 1.79 bits per heavy atom. The molecule has 0 amide bonds. The molecule has 112 valence electrons. The van der Waals surface area contributed by atoms with Crippen LogP contribution in [0.2, 0.25) is 17.1 Å². The van der Waals surface area contributed by atoms with E-state index >= 15 is 0 Å². The Kier molecular flexibility index (Phi) is 7.83. The second-order valence-electron chi connectivity index (χ2n) is 6.71. The quantitative estimate of drug-likeness (QED) is 0.358. The standard InChI is InChI=1S/C16H32O2Si/c1-12(2)9-10-19(14(5)6,15(7)8)18-16(11-17)13(3)4/h9,11,13-16H,10H2,1-8H3. The third-order valence-electron chi connectivity index (χ3n) is 3.93. The lowest BCUT2D eigenvalue weighted by atomic mass is 10.1. The predicted octanol–water partition coefficient (Wildman–Crippen LogP) is 4.96. The fourth-order valence-electron chi connectivity index (χ4n) is 2.40. The molecule has 0 aromatic rings. The third kappa shape index (κ3) is 5.23. The van der Waals surface area contributed by atoms with Gasteiger partial charge < -0.3 is 9.22 Å². The molecule has 1 atom stereocenters. The van der Waals surface area contributed by atoms with Crippen LogP contribution in [0.1, 0.15) is 55.4 Å². The van der Waals surface area contributed by atoms with Crippen molar-refractivity contribution in [2.24, 2.45) is 5.92 Å². The lowest BCUT2D eigenvalue weighted by Crippen LogP contribution is -2.48. The zero-order valence-electron chi connectivity index (χ0n) is 14.0. The van der Waals surface area contributed by atoms with Gasteiger partial charge in [0.1, 0.15) is 12.4 Å². The van der Waals surface area contributed by atoms with Crippen LogP contribution < -0.4 is 0 Å². The molecule has 0 heterocycles. The first-order valence-corrected chi connectivity index (χ1v) is 9.70. The number of hydrogen-bond donors (Lipinski definition) is 0. The Bertz CT molecular complexity index is 294. The van der Waals surface area contributed by atoms with Gasteiger partial charge in [-0.25, -0.2) is 0 Å². The molecule has 0 fully saturated rings. The molecule has 0 N–H and O–H groups in total. The summed E-state index contributed by atoms with van der Waals surface area (Å²) >= 11 is 0. The van der Waals surface area contributed by atoms with Crippen molar-refractivity contribution in [2.75, 3.05) is 0 Å². The summed E-state index contributed by atoms with van der Waals surface area (Å²) in [6.07, 6.45) is 3.01. The lowest BCUT2D eigenvalue weighted by Gasteiger charge is -2.41. The van der Waals surface area contributed by atoms with Crippen molar-refractivity contribution in [3.63, 3.8) is 0 Å². The molecule has 0 bridgehead atoms. The molecule has 0 aromatic heterocycles. The first-order valence-electron chi connectivity index (χ1n) is 7.43. The summed E-state index contributed by atoms with van der Waals surface area (Å²) in [5.74, 6) is 0.244. The minimum absolute atomic E-state index is 0.244. The van der Waals surface area contributed by atoms with Crippen LogP contribution in [0.25, 0.3) is 0 Å². The second-order valence-corrected chi connectivity index (χ2v) is 11.6. The van der Waals surface area contributed by atoms with Crippen LogP contribution in [0.5, 0.6) is 0 Å². The summed E-state index contributed by atoms with van der Waals surface area (Å²) in [6, 6.07) is 1.00. The maximum Gasteiger partial charge on any atom is 0.202 e. The van der Waals surface area contributed by atoms with E-state index in [1.54, 1.807) is 0 Å². The number of allylic oxidation sites excluding steroid dienone is 2. The number of carbonyl (C=O) groups excluding carboxylic acids is 1. The molecular formula is C16H32O2Si. The molecule has 0 aliphatic heterocycles. The van der Waals surface area contributed by atoms with Crippen molar-refractivity contribution in [3.05, 3.63) is 11.6 Å². The summed E-state index contributed by atoms with van der Waals surface area (Å²) in [4.78, 5) is 11.3. The molecule has 0 rings (SSSR count). The van der Waals surface area contributed by atoms with Crippen molar-refractivity contribution < 1.29 is 9.22 Å². The highest BCUT2D eigenvalue weighted by molar-refractivity contribution is 6.77. The summed E-state index contributed by atoms with van der Waals surface area (Å²) < 4.78 is 6.45. The minimum Gasteiger partial charge on any atom is -0.406 e. The van der Waals surface area contributed by atoms with E-state index in [1.165, 1.54) is 5.57 Å². The molecule has 3 heteroatoms. The van der Waals surface area contributed by atoms with Gasteiger partial charge in [-0.1, -0.05) is 53.2 Å². The molecule has 0 saturated heterocycles. The van der Waals surface area contributed by atoms with Crippen molar-refractivity contribution in [1.82, 2.24) is 0 Å². The Hall–Kier alpha value is -0.413. The highest BCUT2D eigenvalue weighted by atomic mass is 28.4. The van der Waals surface area contributed by atoms with Crippen LogP contribution >= 0.6 is 0 Å². The summed E-state index contributed by atoms with van der Waals surface area (Å²) in [6.45, 7) is 17.3. The predicted molar refractivity (Wildman–Crippen MR) is 86.0 cm³/mol. The van der Waals surface area contributed by atoms with Gasteiger partial charge in [0.2, 0.25) is 8.32 Å². The Balaban J connectivity index is 5.34. The van der Waals surface area contributed by atoms with Crippen LogP contribution in [0.4, 0.5) is 0 Å². The molecule has 0 aliphatic carbocycles. The molecule has 0 spiro atoms. The van der Waals surface area contributed by atoms with E-state index in [4.69, 9.17) is 4.43 Å². The molecule has 0 radical (unpaired) electrons. The topological polar surface area (TPSA) is 26.3 Å². The summed E-state index contributed by atoms with van der Waals surface area (Å²) in [7, 11) is -1.97. The average molecular weight is 285 g/mol. The van der Waals surface area contributed by atoms with E-state index < -0.39 is 8.32 Å². The van der Waals surface area contributed by atoms with Gasteiger partial charge in [0, 0.05) is 0 Å². The highest BCUT2D eigenvalue weighted by Gasteiger charge is 2.43. The monoisotopic (exact) mass is 284 g/mol. The van der Waals surface area contributed by atoms with Crippen LogP contribution in [0, 0.1) is 5.92 Å². The fraction of sp³-hybridized carbons (Fsp3) is 0.812. The zero-order chi connectivity index (χ0) is 15.2. The summed E-state index contributed by atoms with van der Waals surface area (Å²) in [5, 5.41) is 0. The van der Waals surface area contributed by atoms with Gasteiger partial charge in [0.15, 0.2) is 0 Å². The molecule has 19 heavy (non-hydrogen) atoms. The maximum atomic E-state index is 11.3. The minimum atomic E-state index is -1.97. The van der Waals surface area contributed by atoms with Gasteiger partial charge in [-0.05, 0) is 36.9 Å². The molecular weight excluding hydrogens is 252 g/mol. The van der Waals surface area contributed by atoms with Crippen LogP contribution in [0.3, 0.4) is 0 Å². The van der Waals surface area contributed by atoms with Crippen molar-refractivity contribution in [3.8, 4) is 0 Å². The van der Waals surface area contributed by atoms with Crippen LogP contribution in [-0.4, -0.2) is 20.7 Å². The van der Waals surface area contributed by atoms with Gasteiger partial charge in [0.25, 0.3) is 0 Å². The first-order chi connectivity index (χ1) is 8.67. The van der Waals surface area contributed by atoms with Gasteiger partial charge >= 0.3 is 0 Å². The van der Waals surface area contributed by atoms with Crippen LogP contribution in [-0.2, 0) is 9.22 Å². The number of carbonyl (C=O) groups is 1. The lowest BCUT2D eigenvalue weighted by molar-refractivity contribution is -0.115. The molecule has 0 aromatic carbocycles. The smallest absolute Gasteiger partial charge is 0.202 e.